The first kappa shape index (κ1) is 19.4. The van der Waals surface area contributed by atoms with Gasteiger partial charge in [-0.1, -0.05) is 54.1 Å². The number of aryl methyl sites for hydroxylation is 1. The zero-order valence-corrected chi connectivity index (χ0v) is 16.8. The molecule has 30 heavy (non-hydrogen) atoms. The molecule has 0 aliphatic rings. The largest absolute Gasteiger partial charge is 0.343 e. The van der Waals surface area contributed by atoms with E-state index in [1.165, 1.54) is 0 Å². The van der Waals surface area contributed by atoms with Gasteiger partial charge in [0.05, 0.1) is 11.6 Å². The van der Waals surface area contributed by atoms with Crippen LogP contribution in [-0.2, 0) is 0 Å². The zero-order chi connectivity index (χ0) is 21.1. The molecule has 0 saturated heterocycles. The molecule has 0 radical (unpaired) electrons. The summed E-state index contributed by atoms with van der Waals surface area (Å²) >= 11 is 0. The summed E-state index contributed by atoms with van der Waals surface area (Å²) in [7, 11) is 0. The summed E-state index contributed by atoms with van der Waals surface area (Å²) in [4.78, 5) is 30.2. The molecule has 2 heterocycles. The van der Waals surface area contributed by atoms with Gasteiger partial charge in [0, 0.05) is 11.9 Å². The van der Waals surface area contributed by atoms with E-state index in [-0.39, 0.29) is 29.4 Å². The van der Waals surface area contributed by atoms with E-state index < -0.39 is 0 Å². The van der Waals surface area contributed by atoms with Gasteiger partial charge in [0.25, 0.3) is 11.8 Å². The van der Waals surface area contributed by atoms with E-state index in [2.05, 4.69) is 15.6 Å². The lowest BCUT2D eigenvalue weighted by Crippen LogP contribution is -2.28. The maximum atomic E-state index is 12.9. The predicted molar refractivity (Wildman–Crippen MR) is 117 cm³/mol. The van der Waals surface area contributed by atoms with Crippen LogP contribution in [0.25, 0.3) is 5.52 Å². The number of nitrogens with one attached hydrogen (secondary N) is 2. The van der Waals surface area contributed by atoms with Crippen molar-refractivity contribution in [3.8, 4) is 0 Å². The summed E-state index contributed by atoms with van der Waals surface area (Å²) < 4.78 is 1.64. The van der Waals surface area contributed by atoms with Crippen LogP contribution >= 0.6 is 0 Å². The van der Waals surface area contributed by atoms with E-state index in [0.717, 1.165) is 11.1 Å². The van der Waals surface area contributed by atoms with Crippen LogP contribution in [-0.4, -0.2) is 21.2 Å². The number of hydrogen-bond donors (Lipinski definition) is 2. The highest BCUT2D eigenvalue weighted by atomic mass is 16.2. The van der Waals surface area contributed by atoms with Crippen LogP contribution in [0, 0.1) is 6.92 Å². The number of pyridine rings is 1. The SMILES string of the molecule is Cc1ccc(NC(=O)c2nc(C(=O)NC(C)c3ccccc3)n3ccccc23)cc1. The highest BCUT2D eigenvalue weighted by Gasteiger charge is 2.22. The van der Waals surface area contributed by atoms with Crippen LogP contribution in [0.15, 0.2) is 79.0 Å². The van der Waals surface area contributed by atoms with E-state index in [1.807, 2.05) is 74.5 Å². The topological polar surface area (TPSA) is 75.5 Å². The van der Waals surface area contributed by atoms with Gasteiger partial charge in [-0.3, -0.25) is 14.0 Å². The van der Waals surface area contributed by atoms with Crippen LogP contribution < -0.4 is 10.6 Å². The van der Waals surface area contributed by atoms with Gasteiger partial charge in [0.2, 0.25) is 5.82 Å². The van der Waals surface area contributed by atoms with Crippen LogP contribution in [0.4, 0.5) is 5.69 Å². The van der Waals surface area contributed by atoms with Gasteiger partial charge in [-0.15, -0.1) is 0 Å². The van der Waals surface area contributed by atoms with Crippen molar-refractivity contribution in [1.29, 1.82) is 0 Å². The summed E-state index contributed by atoms with van der Waals surface area (Å²) in [6, 6.07) is 22.4. The second kappa shape index (κ2) is 8.21. The second-order valence-corrected chi connectivity index (χ2v) is 7.17. The summed E-state index contributed by atoms with van der Waals surface area (Å²) in [5.74, 6) is -0.540. The minimum absolute atomic E-state index is 0.169. The molecule has 0 bridgehead atoms. The Morgan fingerprint density at radius 1 is 0.900 bits per heavy atom. The summed E-state index contributed by atoms with van der Waals surface area (Å²) in [6.07, 6.45) is 1.73. The van der Waals surface area contributed by atoms with E-state index in [4.69, 9.17) is 0 Å². The Morgan fingerprint density at radius 3 is 2.33 bits per heavy atom. The lowest BCUT2D eigenvalue weighted by molar-refractivity contribution is 0.0928. The molecule has 0 spiro atoms. The van der Waals surface area contributed by atoms with E-state index in [1.54, 1.807) is 22.7 Å². The third kappa shape index (κ3) is 3.93. The summed E-state index contributed by atoms with van der Waals surface area (Å²) in [5, 5.41) is 5.81. The molecule has 2 aromatic heterocycles. The molecule has 6 heteroatoms. The van der Waals surface area contributed by atoms with Crippen molar-refractivity contribution >= 4 is 23.0 Å². The van der Waals surface area contributed by atoms with Crippen molar-refractivity contribution in [2.75, 3.05) is 5.32 Å². The Bertz CT molecular complexity index is 1200. The molecule has 2 aromatic carbocycles. The van der Waals surface area contributed by atoms with Crippen molar-refractivity contribution in [2.24, 2.45) is 0 Å². The van der Waals surface area contributed by atoms with Gasteiger partial charge >= 0.3 is 0 Å². The Hall–Kier alpha value is -3.93. The number of hydrogen-bond acceptors (Lipinski definition) is 3. The molecule has 2 N–H and O–H groups in total. The normalized spacial score (nSPS) is 11.8. The quantitative estimate of drug-likeness (QED) is 0.524. The Labute approximate surface area is 174 Å². The molecule has 0 aliphatic heterocycles. The first-order chi connectivity index (χ1) is 14.5. The van der Waals surface area contributed by atoms with Gasteiger partial charge in [-0.05, 0) is 43.7 Å². The molecular formula is C24H22N4O2. The molecule has 0 fully saturated rings. The minimum atomic E-state index is -0.363. The molecule has 0 aliphatic carbocycles. The first-order valence-corrected chi connectivity index (χ1v) is 9.74. The lowest BCUT2D eigenvalue weighted by Gasteiger charge is -2.13. The highest BCUT2D eigenvalue weighted by Crippen LogP contribution is 2.18. The number of amides is 2. The van der Waals surface area contributed by atoms with Crippen molar-refractivity contribution in [3.05, 3.63) is 102 Å². The number of anilines is 1. The first-order valence-electron chi connectivity index (χ1n) is 9.74. The number of carbonyl (C=O) groups is 2. The number of benzene rings is 2. The molecule has 2 amide bonds. The molecule has 1 atom stereocenters. The van der Waals surface area contributed by atoms with Crippen molar-refractivity contribution in [2.45, 2.75) is 19.9 Å². The smallest absolute Gasteiger partial charge is 0.288 e. The molecule has 0 saturated carbocycles. The van der Waals surface area contributed by atoms with Gasteiger partial charge < -0.3 is 10.6 Å². The Balaban J connectivity index is 1.62. The monoisotopic (exact) mass is 398 g/mol. The summed E-state index contributed by atoms with van der Waals surface area (Å²) in [6.45, 7) is 3.89. The van der Waals surface area contributed by atoms with Crippen molar-refractivity contribution in [3.63, 3.8) is 0 Å². The maximum absolute atomic E-state index is 12.9. The van der Waals surface area contributed by atoms with E-state index >= 15 is 0 Å². The second-order valence-electron chi connectivity index (χ2n) is 7.17. The fraction of sp³-hybridized carbons (Fsp3) is 0.125. The molecule has 4 aromatic rings. The van der Waals surface area contributed by atoms with Crippen molar-refractivity contribution in [1.82, 2.24) is 14.7 Å². The predicted octanol–water partition coefficient (Wildman–Crippen LogP) is 4.39. The van der Waals surface area contributed by atoms with Crippen molar-refractivity contribution < 1.29 is 9.59 Å². The summed E-state index contributed by atoms with van der Waals surface area (Å²) in [5.41, 5.74) is 3.54. The average molecular weight is 398 g/mol. The number of rotatable bonds is 5. The third-order valence-electron chi connectivity index (χ3n) is 4.92. The van der Waals surface area contributed by atoms with E-state index in [0.29, 0.717) is 11.2 Å². The Kier molecular flexibility index (Phi) is 5.30. The fourth-order valence-electron chi connectivity index (χ4n) is 3.28. The van der Waals surface area contributed by atoms with Crippen LogP contribution in [0.5, 0.6) is 0 Å². The Morgan fingerprint density at radius 2 is 1.60 bits per heavy atom. The minimum Gasteiger partial charge on any atom is -0.343 e. The third-order valence-corrected chi connectivity index (χ3v) is 4.92. The fourth-order valence-corrected chi connectivity index (χ4v) is 3.28. The lowest BCUT2D eigenvalue weighted by atomic mass is 10.1. The van der Waals surface area contributed by atoms with Gasteiger partial charge in [0.1, 0.15) is 0 Å². The number of imidazole rings is 1. The molecule has 1 unspecified atom stereocenters. The number of nitrogens with zero attached hydrogens (tertiary/aromatic N) is 2. The van der Waals surface area contributed by atoms with Gasteiger partial charge in [-0.25, -0.2) is 4.98 Å². The number of carbonyl (C=O) groups excluding carboxylic acids is 2. The molecule has 4 rings (SSSR count). The number of fused-ring (bicyclic) bond motifs is 1. The molecular weight excluding hydrogens is 376 g/mol. The highest BCUT2D eigenvalue weighted by molar-refractivity contribution is 6.09. The van der Waals surface area contributed by atoms with Crippen LogP contribution in [0.3, 0.4) is 0 Å². The standard InChI is InChI=1S/C24H22N4O2/c1-16-11-13-19(14-12-16)26-23(29)21-20-10-6-7-15-28(20)22(27-21)24(30)25-17(2)18-8-4-3-5-9-18/h3-15,17H,1-2H3,(H,25,30)(H,26,29). The maximum Gasteiger partial charge on any atom is 0.288 e. The zero-order valence-electron chi connectivity index (χ0n) is 16.8. The number of aromatic nitrogens is 2. The van der Waals surface area contributed by atoms with Crippen LogP contribution in [0.1, 0.15) is 45.2 Å². The molecule has 6 nitrogen and oxygen atoms in total. The van der Waals surface area contributed by atoms with E-state index in [9.17, 15) is 9.59 Å². The molecule has 150 valence electrons. The van der Waals surface area contributed by atoms with Crippen LogP contribution in [0.2, 0.25) is 0 Å². The average Bonchev–Trinajstić information content (AvgIpc) is 3.16. The van der Waals surface area contributed by atoms with Gasteiger partial charge in [-0.2, -0.15) is 0 Å². The van der Waals surface area contributed by atoms with Gasteiger partial charge in [0.15, 0.2) is 5.69 Å².